The van der Waals surface area contributed by atoms with Crippen LogP contribution in [0.5, 0.6) is 5.75 Å². The second-order valence-electron chi connectivity index (χ2n) is 3.18. The van der Waals surface area contributed by atoms with E-state index in [2.05, 4.69) is 10.1 Å². The first-order chi connectivity index (χ1) is 7.79. The highest BCUT2D eigenvalue weighted by Gasteiger charge is 2.06. The van der Waals surface area contributed by atoms with Crippen LogP contribution in [0.1, 0.15) is 18.6 Å². The molecule has 0 aliphatic rings. The van der Waals surface area contributed by atoms with Crippen molar-refractivity contribution < 1.29 is 9.26 Å². The number of aromatic nitrogens is 2. The SMILES string of the molecule is CCc1nc(COc2ccccc2Cl)no1. The van der Waals surface area contributed by atoms with Crippen LogP contribution in [0.25, 0.3) is 0 Å². The van der Waals surface area contributed by atoms with Crippen molar-refractivity contribution in [2.75, 3.05) is 0 Å². The number of para-hydroxylation sites is 1. The van der Waals surface area contributed by atoms with Crippen LogP contribution in [0.3, 0.4) is 0 Å². The van der Waals surface area contributed by atoms with E-state index in [1.807, 2.05) is 19.1 Å². The standard InChI is InChI=1S/C11H11ClN2O2/c1-2-11-13-10(14-16-11)7-15-9-6-4-3-5-8(9)12/h3-6H,2,7H2,1H3. The van der Waals surface area contributed by atoms with Gasteiger partial charge in [-0.3, -0.25) is 0 Å². The molecule has 0 amide bonds. The summed E-state index contributed by atoms with van der Waals surface area (Å²) in [4.78, 5) is 4.13. The number of hydrogen-bond donors (Lipinski definition) is 0. The predicted octanol–water partition coefficient (Wildman–Crippen LogP) is 2.86. The maximum absolute atomic E-state index is 5.93. The molecule has 0 aliphatic heterocycles. The average Bonchev–Trinajstić information content (AvgIpc) is 2.76. The summed E-state index contributed by atoms with van der Waals surface area (Å²) >= 11 is 5.93. The molecule has 0 atom stereocenters. The predicted molar refractivity (Wildman–Crippen MR) is 59.5 cm³/mol. The van der Waals surface area contributed by atoms with Gasteiger partial charge in [-0.2, -0.15) is 4.98 Å². The van der Waals surface area contributed by atoms with Gasteiger partial charge in [-0.05, 0) is 12.1 Å². The molecule has 2 aromatic rings. The van der Waals surface area contributed by atoms with Gasteiger partial charge in [0.15, 0.2) is 6.61 Å². The third kappa shape index (κ3) is 2.52. The molecular weight excluding hydrogens is 228 g/mol. The maximum atomic E-state index is 5.93. The van der Waals surface area contributed by atoms with Gasteiger partial charge in [-0.1, -0.05) is 35.8 Å². The van der Waals surface area contributed by atoms with Gasteiger partial charge >= 0.3 is 0 Å². The van der Waals surface area contributed by atoms with Gasteiger partial charge in [-0.15, -0.1) is 0 Å². The monoisotopic (exact) mass is 238 g/mol. The number of aryl methyl sites for hydroxylation is 1. The minimum Gasteiger partial charge on any atom is -0.484 e. The zero-order valence-corrected chi connectivity index (χ0v) is 9.57. The number of hydrogen-bond acceptors (Lipinski definition) is 4. The van der Waals surface area contributed by atoms with Gasteiger partial charge in [0.25, 0.3) is 0 Å². The van der Waals surface area contributed by atoms with Crippen LogP contribution in [0, 0.1) is 0 Å². The average molecular weight is 239 g/mol. The van der Waals surface area contributed by atoms with Crippen LogP contribution in [0.15, 0.2) is 28.8 Å². The summed E-state index contributed by atoms with van der Waals surface area (Å²) in [7, 11) is 0. The fourth-order valence-electron chi connectivity index (χ4n) is 1.20. The second-order valence-corrected chi connectivity index (χ2v) is 3.58. The van der Waals surface area contributed by atoms with E-state index < -0.39 is 0 Å². The van der Waals surface area contributed by atoms with Gasteiger partial charge in [0.05, 0.1) is 5.02 Å². The third-order valence-electron chi connectivity index (χ3n) is 2.01. The molecule has 0 unspecified atom stereocenters. The van der Waals surface area contributed by atoms with Crippen molar-refractivity contribution in [2.45, 2.75) is 20.0 Å². The molecule has 0 N–H and O–H groups in total. The Morgan fingerprint density at radius 1 is 1.38 bits per heavy atom. The fourth-order valence-corrected chi connectivity index (χ4v) is 1.39. The molecule has 2 rings (SSSR count). The second kappa shape index (κ2) is 4.99. The summed E-state index contributed by atoms with van der Waals surface area (Å²) in [5, 5.41) is 4.35. The molecule has 0 spiro atoms. The summed E-state index contributed by atoms with van der Waals surface area (Å²) in [6.45, 7) is 2.21. The smallest absolute Gasteiger partial charge is 0.226 e. The van der Waals surface area contributed by atoms with Crippen LogP contribution in [0.2, 0.25) is 5.02 Å². The number of rotatable bonds is 4. The van der Waals surface area contributed by atoms with E-state index in [1.54, 1.807) is 12.1 Å². The van der Waals surface area contributed by atoms with Crippen molar-refractivity contribution in [3.05, 3.63) is 41.0 Å². The Balaban J connectivity index is 1.99. The summed E-state index contributed by atoms with van der Waals surface area (Å²) < 4.78 is 10.4. The normalized spacial score (nSPS) is 10.4. The quantitative estimate of drug-likeness (QED) is 0.822. The van der Waals surface area contributed by atoms with Gasteiger partial charge in [0.2, 0.25) is 11.7 Å². The molecular formula is C11H11ClN2O2. The molecule has 1 aromatic carbocycles. The molecule has 84 valence electrons. The summed E-state index contributed by atoms with van der Waals surface area (Å²) in [5.74, 6) is 1.75. The fraction of sp³-hybridized carbons (Fsp3) is 0.273. The first-order valence-corrected chi connectivity index (χ1v) is 5.36. The molecule has 0 aliphatic carbocycles. The summed E-state index contributed by atoms with van der Waals surface area (Å²) in [5.41, 5.74) is 0. The van der Waals surface area contributed by atoms with Gasteiger partial charge in [-0.25, -0.2) is 0 Å². The zero-order valence-electron chi connectivity index (χ0n) is 8.81. The lowest BCUT2D eigenvalue weighted by atomic mass is 10.3. The Morgan fingerprint density at radius 2 is 2.19 bits per heavy atom. The first-order valence-electron chi connectivity index (χ1n) is 4.98. The van der Waals surface area contributed by atoms with Crippen molar-refractivity contribution in [1.82, 2.24) is 10.1 Å². The zero-order chi connectivity index (χ0) is 11.4. The number of benzene rings is 1. The maximum Gasteiger partial charge on any atom is 0.226 e. The molecule has 1 heterocycles. The van der Waals surface area contributed by atoms with Gasteiger partial charge in [0.1, 0.15) is 5.75 Å². The van der Waals surface area contributed by atoms with Gasteiger partial charge < -0.3 is 9.26 Å². The van der Waals surface area contributed by atoms with Crippen molar-refractivity contribution >= 4 is 11.6 Å². The number of ether oxygens (including phenoxy) is 1. The first kappa shape index (κ1) is 11.0. The highest BCUT2D eigenvalue weighted by molar-refractivity contribution is 6.32. The summed E-state index contributed by atoms with van der Waals surface area (Å²) in [6.07, 6.45) is 0.721. The Hall–Kier alpha value is -1.55. The molecule has 0 saturated heterocycles. The van der Waals surface area contributed by atoms with E-state index in [4.69, 9.17) is 20.9 Å². The molecule has 4 nitrogen and oxygen atoms in total. The minimum absolute atomic E-state index is 0.257. The third-order valence-corrected chi connectivity index (χ3v) is 2.32. The molecule has 5 heteroatoms. The van der Waals surface area contributed by atoms with Crippen LogP contribution >= 0.6 is 11.6 Å². The van der Waals surface area contributed by atoms with Crippen molar-refractivity contribution in [1.29, 1.82) is 0 Å². The lowest BCUT2D eigenvalue weighted by molar-refractivity contribution is 0.285. The van der Waals surface area contributed by atoms with E-state index in [0.717, 1.165) is 6.42 Å². The molecule has 0 fully saturated rings. The highest BCUT2D eigenvalue weighted by Crippen LogP contribution is 2.23. The van der Waals surface area contributed by atoms with Crippen LogP contribution in [-0.2, 0) is 13.0 Å². The molecule has 0 bridgehead atoms. The number of nitrogens with zero attached hydrogens (tertiary/aromatic N) is 2. The molecule has 1 aromatic heterocycles. The summed E-state index contributed by atoms with van der Waals surface area (Å²) in [6, 6.07) is 7.27. The van der Waals surface area contributed by atoms with Crippen LogP contribution < -0.4 is 4.74 Å². The highest BCUT2D eigenvalue weighted by atomic mass is 35.5. The lowest BCUT2D eigenvalue weighted by Crippen LogP contribution is -1.98. The van der Waals surface area contributed by atoms with E-state index in [9.17, 15) is 0 Å². The Bertz CT molecular complexity index is 471. The largest absolute Gasteiger partial charge is 0.484 e. The lowest BCUT2D eigenvalue weighted by Gasteiger charge is -2.04. The van der Waals surface area contributed by atoms with E-state index in [0.29, 0.717) is 22.5 Å². The Morgan fingerprint density at radius 3 is 2.88 bits per heavy atom. The van der Waals surface area contributed by atoms with Gasteiger partial charge in [0, 0.05) is 6.42 Å². The van der Waals surface area contributed by atoms with Crippen LogP contribution in [-0.4, -0.2) is 10.1 Å². The van der Waals surface area contributed by atoms with Crippen molar-refractivity contribution in [2.24, 2.45) is 0 Å². The Kier molecular flexibility index (Phi) is 3.41. The topological polar surface area (TPSA) is 48.2 Å². The van der Waals surface area contributed by atoms with E-state index in [-0.39, 0.29) is 6.61 Å². The number of halogens is 1. The molecule has 0 radical (unpaired) electrons. The Labute approximate surface area is 98.2 Å². The molecule has 0 saturated carbocycles. The van der Waals surface area contributed by atoms with Crippen LogP contribution in [0.4, 0.5) is 0 Å². The molecule has 16 heavy (non-hydrogen) atoms. The van der Waals surface area contributed by atoms with Crippen molar-refractivity contribution in [3.8, 4) is 5.75 Å². The van der Waals surface area contributed by atoms with Crippen molar-refractivity contribution in [3.63, 3.8) is 0 Å². The van der Waals surface area contributed by atoms with E-state index >= 15 is 0 Å². The minimum atomic E-state index is 0.257. The van der Waals surface area contributed by atoms with E-state index in [1.165, 1.54) is 0 Å².